The summed E-state index contributed by atoms with van der Waals surface area (Å²) in [6.45, 7) is 6.37. The summed E-state index contributed by atoms with van der Waals surface area (Å²) in [4.78, 5) is 6.63. The molecule has 1 fully saturated rings. The Morgan fingerprint density at radius 1 is 1.34 bits per heavy atom. The first kappa shape index (κ1) is 25.4. The van der Waals surface area contributed by atoms with E-state index >= 15 is 0 Å². The van der Waals surface area contributed by atoms with Crippen LogP contribution in [0.15, 0.2) is 35.3 Å². The van der Waals surface area contributed by atoms with Gasteiger partial charge < -0.3 is 20.1 Å². The zero-order valence-electron chi connectivity index (χ0n) is 17.2. The monoisotopic (exact) mass is 524 g/mol. The van der Waals surface area contributed by atoms with Gasteiger partial charge in [-0.2, -0.15) is 8.78 Å². The van der Waals surface area contributed by atoms with Gasteiger partial charge in [0, 0.05) is 50.9 Å². The third kappa shape index (κ3) is 8.73. The summed E-state index contributed by atoms with van der Waals surface area (Å²) in [7, 11) is 3.17. The summed E-state index contributed by atoms with van der Waals surface area (Å²) in [5, 5.41) is 6.58. The van der Waals surface area contributed by atoms with Gasteiger partial charge in [0.25, 0.3) is 0 Å². The molecule has 1 aliphatic rings. The smallest absolute Gasteiger partial charge is 0.387 e. The van der Waals surface area contributed by atoms with Gasteiger partial charge in [0.05, 0.1) is 7.11 Å². The number of ether oxygens (including phenoxy) is 2. The highest BCUT2D eigenvalue weighted by molar-refractivity contribution is 14.0. The van der Waals surface area contributed by atoms with Gasteiger partial charge in [-0.05, 0) is 31.9 Å². The Labute approximate surface area is 188 Å². The summed E-state index contributed by atoms with van der Waals surface area (Å²) < 4.78 is 35.1. The van der Waals surface area contributed by atoms with Gasteiger partial charge in [-0.25, -0.2) is 0 Å². The van der Waals surface area contributed by atoms with Crippen LogP contribution < -0.4 is 20.1 Å². The minimum absolute atomic E-state index is 0. The van der Waals surface area contributed by atoms with Gasteiger partial charge in [-0.3, -0.25) is 9.89 Å². The number of alkyl halides is 2. The molecule has 164 valence electrons. The third-order valence-electron chi connectivity index (χ3n) is 4.58. The zero-order valence-corrected chi connectivity index (χ0v) is 19.5. The number of halogens is 3. The lowest BCUT2D eigenvalue weighted by Crippen LogP contribution is -2.48. The van der Waals surface area contributed by atoms with E-state index < -0.39 is 6.61 Å². The Kier molecular flexibility index (Phi) is 11.3. The number of guanidine groups is 1. The third-order valence-corrected chi connectivity index (χ3v) is 4.58. The van der Waals surface area contributed by atoms with Crippen molar-refractivity contribution >= 4 is 29.9 Å². The fourth-order valence-electron chi connectivity index (χ4n) is 3.20. The molecular weight excluding hydrogens is 493 g/mol. The van der Waals surface area contributed by atoms with Crippen molar-refractivity contribution < 1.29 is 18.3 Å². The molecule has 1 saturated heterocycles. The molecule has 1 aliphatic heterocycles. The van der Waals surface area contributed by atoms with E-state index in [4.69, 9.17) is 4.74 Å². The lowest BCUT2D eigenvalue weighted by atomic mass is 10.0. The van der Waals surface area contributed by atoms with E-state index in [-0.39, 0.29) is 29.7 Å². The SMILES string of the molecule is C=C(C)CN1CCC(NC(=NC)NCc2ccc(OC)cc2OC(F)F)CC1.I. The van der Waals surface area contributed by atoms with Crippen LogP contribution in [0.5, 0.6) is 11.5 Å². The minimum Gasteiger partial charge on any atom is -0.497 e. The van der Waals surface area contributed by atoms with Crippen molar-refractivity contribution in [3.05, 3.63) is 35.9 Å². The van der Waals surface area contributed by atoms with Crippen molar-refractivity contribution in [2.24, 2.45) is 4.99 Å². The van der Waals surface area contributed by atoms with E-state index in [1.807, 2.05) is 6.92 Å². The quantitative estimate of drug-likeness (QED) is 0.236. The largest absolute Gasteiger partial charge is 0.497 e. The normalized spacial score (nSPS) is 15.6. The van der Waals surface area contributed by atoms with Crippen molar-refractivity contribution in [1.29, 1.82) is 0 Å². The van der Waals surface area contributed by atoms with Crippen LogP contribution in [-0.4, -0.2) is 57.3 Å². The first-order chi connectivity index (χ1) is 13.4. The fourth-order valence-corrected chi connectivity index (χ4v) is 3.20. The average molecular weight is 524 g/mol. The number of nitrogens with zero attached hydrogens (tertiary/aromatic N) is 2. The first-order valence-electron chi connectivity index (χ1n) is 9.37. The van der Waals surface area contributed by atoms with E-state index in [2.05, 4.69) is 31.8 Å². The number of hydrogen-bond donors (Lipinski definition) is 2. The van der Waals surface area contributed by atoms with E-state index in [0.29, 0.717) is 29.9 Å². The van der Waals surface area contributed by atoms with Gasteiger partial charge in [-0.15, -0.1) is 24.0 Å². The van der Waals surface area contributed by atoms with Crippen molar-refractivity contribution in [1.82, 2.24) is 15.5 Å². The second kappa shape index (κ2) is 12.8. The van der Waals surface area contributed by atoms with E-state index in [9.17, 15) is 8.78 Å². The van der Waals surface area contributed by atoms with Crippen LogP contribution in [0.25, 0.3) is 0 Å². The number of aliphatic imine (C=N–C) groups is 1. The molecule has 0 radical (unpaired) electrons. The van der Waals surface area contributed by atoms with Crippen LogP contribution in [0, 0.1) is 0 Å². The van der Waals surface area contributed by atoms with Crippen LogP contribution in [-0.2, 0) is 6.54 Å². The Morgan fingerprint density at radius 2 is 2.03 bits per heavy atom. The summed E-state index contributed by atoms with van der Waals surface area (Å²) in [6, 6.07) is 5.19. The molecule has 0 atom stereocenters. The Bertz CT molecular complexity index is 680. The molecule has 0 bridgehead atoms. The van der Waals surface area contributed by atoms with Gasteiger partial charge >= 0.3 is 6.61 Å². The van der Waals surface area contributed by atoms with Gasteiger partial charge in [0.15, 0.2) is 5.96 Å². The van der Waals surface area contributed by atoms with Crippen molar-refractivity contribution in [2.45, 2.75) is 39.0 Å². The molecule has 6 nitrogen and oxygen atoms in total. The maximum absolute atomic E-state index is 12.7. The second-order valence-corrected chi connectivity index (χ2v) is 6.93. The predicted molar refractivity (Wildman–Crippen MR) is 123 cm³/mol. The number of likely N-dealkylation sites (tertiary alicyclic amines) is 1. The average Bonchev–Trinajstić information content (AvgIpc) is 2.66. The Morgan fingerprint density at radius 3 is 2.59 bits per heavy atom. The molecule has 1 heterocycles. The van der Waals surface area contributed by atoms with E-state index in [1.165, 1.54) is 18.7 Å². The molecule has 1 aromatic carbocycles. The topological polar surface area (TPSA) is 58.1 Å². The molecule has 0 amide bonds. The van der Waals surface area contributed by atoms with Crippen LogP contribution >= 0.6 is 24.0 Å². The molecule has 0 aliphatic carbocycles. The molecule has 2 rings (SSSR count). The molecule has 0 saturated carbocycles. The summed E-state index contributed by atoms with van der Waals surface area (Å²) in [6.07, 6.45) is 2.02. The summed E-state index contributed by atoms with van der Waals surface area (Å²) in [5.74, 6) is 1.19. The number of hydrogen-bond acceptors (Lipinski definition) is 4. The maximum Gasteiger partial charge on any atom is 0.387 e. The molecule has 0 spiro atoms. The van der Waals surface area contributed by atoms with Crippen LogP contribution in [0.1, 0.15) is 25.3 Å². The molecule has 1 aromatic rings. The predicted octanol–water partition coefficient (Wildman–Crippen LogP) is 3.62. The molecule has 0 unspecified atom stereocenters. The maximum atomic E-state index is 12.7. The fraction of sp³-hybridized carbons (Fsp3) is 0.550. The minimum atomic E-state index is -2.90. The Hall–Kier alpha value is -1.62. The first-order valence-corrected chi connectivity index (χ1v) is 9.37. The van der Waals surface area contributed by atoms with Crippen molar-refractivity contribution in [3.8, 4) is 11.5 Å². The molecular formula is C20H31F2IN4O2. The zero-order chi connectivity index (χ0) is 20.5. The van der Waals surface area contributed by atoms with Crippen LogP contribution in [0.2, 0.25) is 0 Å². The molecule has 29 heavy (non-hydrogen) atoms. The van der Waals surface area contributed by atoms with Crippen LogP contribution in [0.3, 0.4) is 0 Å². The van der Waals surface area contributed by atoms with Gasteiger partial charge in [0.1, 0.15) is 11.5 Å². The number of piperidine rings is 1. The number of benzene rings is 1. The highest BCUT2D eigenvalue weighted by Gasteiger charge is 2.20. The highest BCUT2D eigenvalue weighted by Crippen LogP contribution is 2.26. The Balaban J connectivity index is 0.00000420. The molecule has 0 aromatic heterocycles. The highest BCUT2D eigenvalue weighted by atomic mass is 127. The molecule has 2 N–H and O–H groups in total. The lowest BCUT2D eigenvalue weighted by Gasteiger charge is -2.33. The van der Waals surface area contributed by atoms with Crippen molar-refractivity contribution in [3.63, 3.8) is 0 Å². The van der Waals surface area contributed by atoms with Gasteiger partial charge in [0.2, 0.25) is 0 Å². The standard InChI is InChI=1S/C20H30F2N4O2.HI/c1-14(2)13-26-9-7-16(8-10-26)25-20(23-3)24-12-15-5-6-17(27-4)11-18(15)28-19(21)22;/h5-6,11,16,19H,1,7-10,12-13H2,2-4H3,(H2,23,24,25);1H. The van der Waals surface area contributed by atoms with E-state index in [0.717, 1.165) is 32.5 Å². The second-order valence-electron chi connectivity index (χ2n) is 6.93. The summed E-state index contributed by atoms with van der Waals surface area (Å²) >= 11 is 0. The lowest BCUT2D eigenvalue weighted by molar-refractivity contribution is -0.0505. The van der Waals surface area contributed by atoms with Crippen LogP contribution in [0.4, 0.5) is 8.78 Å². The number of methoxy groups -OCH3 is 1. The van der Waals surface area contributed by atoms with Crippen molar-refractivity contribution in [2.75, 3.05) is 33.8 Å². The summed E-state index contributed by atoms with van der Waals surface area (Å²) in [5.41, 5.74) is 1.77. The van der Waals surface area contributed by atoms with Gasteiger partial charge in [-0.1, -0.05) is 12.2 Å². The van der Waals surface area contributed by atoms with E-state index in [1.54, 1.807) is 19.2 Å². The molecule has 9 heteroatoms. The number of rotatable bonds is 8. The number of nitrogens with one attached hydrogen (secondary N) is 2.